The fourth-order valence-electron chi connectivity index (χ4n) is 2.41. The van der Waals surface area contributed by atoms with Gasteiger partial charge in [0.2, 0.25) is 5.56 Å². The minimum absolute atomic E-state index is 0.259. The maximum atomic E-state index is 12.0. The Morgan fingerprint density at radius 1 is 1.35 bits per heavy atom. The number of hydrogen-bond donors (Lipinski definition) is 1. The molecule has 1 aliphatic rings. The highest BCUT2D eigenvalue weighted by Gasteiger charge is 2.20. The van der Waals surface area contributed by atoms with Crippen LogP contribution < -0.4 is 5.56 Å². The Kier molecular flexibility index (Phi) is 4.77. The van der Waals surface area contributed by atoms with E-state index in [-0.39, 0.29) is 5.56 Å². The summed E-state index contributed by atoms with van der Waals surface area (Å²) in [6.07, 6.45) is 6.98. The minimum Gasteiger partial charge on any atom is -0.462 e. The Balaban J connectivity index is 2.00. The zero-order chi connectivity index (χ0) is 14.5. The van der Waals surface area contributed by atoms with Crippen molar-refractivity contribution in [2.75, 3.05) is 6.61 Å². The number of aromatic amines is 1. The predicted octanol–water partition coefficient (Wildman–Crippen LogP) is 2.70. The van der Waals surface area contributed by atoms with Crippen molar-refractivity contribution in [2.45, 2.75) is 33.1 Å². The van der Waals surface area contributed by atoms with Crippen LogP contribution >= 0.6 is 0 Å². The average Bonchev–Trinajstić information content (AvgIpc) is 2.45. The first-order valence-corrected chi connectivity index (χ1v) is 7.15. The SMILES string of the molecule is CCc1cc(C(=O)OCC2CC=CCC2C)cc(=O)[nH]1. The number of aromatic nitrogens is 1. The number of hydrogen-bond acceptors (Lipinski definition) is 3. The first-order chi connectivity index (χ1) is 9.60. The van der Waals surface area contributed by atoms with Crippen LogP contribution in [0.15, 0.2) is 29.1 Å². The molecule has 0 radical (unpaired) electrons. The van der Waals surface area contributed by atoms with Gasteiger partial charge in [0.1, 0.15) is 0 Å². The van der Waals surface area contributed by atoms with Gasteiger partial charge in [-0.1, -0.05) is 26.0 Å². The summed E-state index contributed by atoms with van der Waals surface area (Å²) in [4.78, 5) is 26.2. The topological polar surface area (TPSA) is 59.2 Å². The van der Waals surface area contributed by atoms with E-state index >= 15 is 0 Å². The second kappa shape index (κ2) is 6.55. The predicted molar refractivity (Wildman–Crippen MR) is 77.8 cm³/mol. The Morgan fingerprint density at radius 3 is 2.80 bits per heavy atom. The van der Waals surface area contributed by atoms with Gasteiger partial charge in [-0.3, -0.25) is 4.79 Å². The van der Waals surface area contributed by atoms with E-state index in [0.717, 1.165) is 18.5 Å². The van der Waals surface area contributed by atoms with E-state index in [0.29, 0.717) is 30.4 Å². The smallest absolute Gasteiger partial charge is 0.338 e. The highest BCUT2D eigenvalue weighted by atomic mass is 16.5. The molecule has 0 saturated heterocycles. The number of carbonyl (C=O) groups excluding carboxylic acids is 1. The van der Waals surface area contributed by atoms with Crippen LogP contribution in [0.2, 0.25) is 0 Å². The van der Waals surface area contributed by atoms with E-state index in [1.807, 2.05) is 6.92 Å². The van der Waals surface area contributed by atoms with Gasteiger partial charge in [-0.25, -0.2) is 4.79 Å². The molecule has 2 rings (SSSR count). The van der Waals surface area contributed by atoms with Crippen LogP contribution in [0.4, 0.5) is 0 Å². The van der Waals surface area contributed by atoms with E-state index in [1.165, 1.54) is 6.07 Å². The lowest BCUT2D eigenvalue weighted by molar-refractivity contribution is 0.0395. The molecule has 1 aliphatic carbocycles. The number of rotatable bonds is 4. The largest absolute Gasteiger partial charge is 0.462 e. The molecule has 0 aliphatic heterocycles. The molecule has 4 heteroatoms. The first-order valence-electron chi connectivity index (χ1n) is 7.15. The van der Waals surface area contributed by atoms with Crippen molar-refractivity contribution < 1.29 is 9.53 Å². The van der Waals surface area contributed by atoms with Crippen molar-refractivity contribution in [1.82, 2.24) is 4.98 Å². The number of esters is 1. The summed E-state index contributed by atoms with van der Waals surface area (Å²) >= 11 is 0. The van der Waals surface area contributed by atoms with Crippen molar-refractivity contribution in [2.24, 2.45) is 11.8 Å². The molecule has 0 saturated carbocycles. The lowest BCUT2D eigenvalue weighted by Gasteiger charge is -2.24. The zero-order valence-corrected chi connectivity index (χ0v) is 12.0. The van der Waals surface area contributed by atoms with Crippen LogP contribution in [-0.4, -0.2) is 17.6 Å². The second-order valence-electron chi connectivity index (χ2n) is 5.39. The normalized spacial score (nSPS) is 21.7. The van der Waals surface area contributed by atoms with Crippen molar-refractivity contribution >= 4 is 5.97 Å². The Morgan fingerprint density at radius 2 is 2.10 bits per heavy atom. The highest BCUT2D eigenvalue weighted by Crippen LogP contribution is 2.25. The number of nitrogens with one attached hydrogen (secondary N) is 1. The van der Waals surface area contributed by atoms with E-state index in [2.05, 4.69) is 24.1 Å². The van der Waals surface area contributed by atoms with Gasteiger partial charge in [-0.05, 0) is 37.2 Å². The molecule has 1 N–H and O–H groups in total. The summed E-state index contributed by atoms with van der Waals surface area (Å²) in [5.41, 5.74) is 0.827. The fraction of sp³-hybridized carbons (Fsp3) is 0.500. The van der Waals surface area contributed by atoms with Gasteiger partial charge in [0.05, 0.1) is 12.2 Å². The number of carbonyl (C=O) groups is 1. The summed E-state index contributed by atoms with van der Waals surface area (Å²) in [6, 6.07) is 2.99. The monoisotopic (exact) mass is 275 g/mol. The summed E-state index contributed by atoms with van der Waals surface area (Å²) in [6.45, 7) is 4.51. The van der Waals surface area contributed by atoms with Crippen molar-refractivity contribution in [1.29, 1.82) is 0 Å². The molecule has 0 aromatic carbocycles. The van der Waals surface area contributed by atoms with Gasteiger partial charge in [0, 0.05) is 11.8 Å². The summed E-state index contributed by atoms with van der Waals surface area (Å²) < 4.78 is 5.37. The molecular weight excluding hydrogens is 254 g/mol. The second-order valence-corrected chi connectivity index (χ2v) is 5.39. The average molecular weight is 275 g/mol. The maximum Gasteiger partial charge on any atom is 0.338 e. The third-order valence-corrected chi connectivity index (χ3v) is 3.86. The molecule has 0 fully saturated rings. The number of pyridine rings is 1. The number of allylic oxidation sites excluding steroid dienone is 2. The number of aryl methyl sites for hydroxylation is 1. The van der Waals surface area contributed by atoms with Gasteiger partial charge in [0.15, 0.2) is 0 Å². The zero-order valence-electron chi connectivity index (χ0n) is 12.0. The summed E-state index contributed by atoms with van der Waals surface area (Å²) in [7, 11) is 0. The van der Waals surface area contributed by atoms with Crippen molar-refractivity contribution in [3.63, 3.8) is 0 Å². The molecule has 1 heterocycles. The van der Waals surface area contributed by atoms with Gasteiger partial charge in [-0.15, -0.1) is 0 Å². The van der Waals surface area contributed by atoms with Crippen LogP contribution in [-0.2, 0) is 11.2 Å². The van der Waals surface area contributed by atoms with Crippen LogP contribution in [0, 0.1) is 11.8 Å². The van der Waals surface area contributed by atoms with E-state index in [4.69, 9.17) is 4.74 Å². The van der Waals surface area contributed by atoms with Crippen LogP contribution in [0.5, 0.6) is 0 Å². The standard InChI is InChI=1S/C16H21NO3/c1-3-14-8-13(9-15(18)17-14)16(19)20-10-12-7-5-4-6-11(12)2/h4-5,8-9,11-12H,3,6-7,10H2,1-2H3,(H,17,18). The molecular formula is C16H21NO3. The maximum absolute atomic E-state index is 12.0. The molecule has 1 aromatic rings. The summed E-state index contributed by atoms with van der Waals surface area (Å²) in [5.74, 6) is 0.488. The number of ether oxygens (including phenoxy) is 1. The van der Waals surface area contributed by atoms with Gasteiger partial charge in [-0.2, -0.15) is 0 Å². The highest BCUT2D eigenvalue weighted by molar-refractivity contribution is 5.89. The quantitative estimate of drug-likeness (QED) is 0.679. The van der Waals surface area contributed by atoms with Gasteiger partial charge >= 0.3 is 5.97 Å². The van der Waals surface area contributed by atoms with Crippen molar-refractivity contribution in [3.05, 3.63) is 45.9 Å². The molecule has 4 nitrogen and oxygen atoms in total. The van der Waals surface area contributed by atoms with Gasteiger partial charge < -0.3 is 9.72 Å². The molecule has 20 heavy (non-hydrogen) atoms. The Hall–Kier alpha value is -1.84. The van der Waals surface area contributed by atoms with E-state index < -0.39 is 5.97 Å². The third-order valence-electron chi connectivity index (χ3n) is 3.86. The lowest BCUT2D eigenvalue weighted by atomic mass is 9.85. The Bertz CT molecular complexity index is 559. The van der Waals surface area contributed by atoms with E-state index in [9.17, 15) is 9.59 Å². The first kappa shape index (κ1) is 14.6. The number of H-pyrrole nitrogens is 1. The molecule has 0 bridgehead atoms. The van der Waals surface area contributed by atoms with Crippen LogP contribution in [0.25, 0.3) is 0 Å². The molecule has 0 spiro atoms. The minimum atomic E-state index is -0.410. The van der Waals surface area contributed by atoms with E-state index in [1.54, 1.807) is 6.07 Å². The lowest BCUT2D eigenvalue weighted by Crippen LogP contribution is -2.22. The molecule has 108 valence electrons. The van der Waals surface area contributed by atoms with Crippen LogP contribution in [0.3, 0.4) is 0 Å². The molecule has 0 amide bonds. The fourth-order valence-corrected chi connectivity index (χ4v) is 2.41. The molecule has 2 unspecified atom stereocenters. The Labute approximate surface area is 118 Å². The summed E-state index contributed by atoms with van der Waals surface area (Å²) in [5, 5.41) is 0. The van der Waals surface area contributed by atoms with Crippen molar-refractivity contribution in [3.8, 4) is 0 Å². The third kappa shape index (κ3) is 3.59. The van der Waals surface area contributed by atoms with Gasteiger partial charge in [0.25, 0.3) is 0 Å². The molecule has 1 aromatic heterocycles. The van der Waals surface area contributed by atoms with Crippen LogP contribution in [0.1, 0.15) is 42.7 Å². The molecule has 2 atom stereocenters.